The first-order valence-corrected chi connectivity index (χ1v) is 8.31. The van der Waals surface area contributed by atoms with Crippen molar-refractivity contribution >= 4 is 11.7 Å². The van der Waals surface area contributed by atoms with E-state index in [0.717, 1.165) is 17.4 Å². The lowest BCUT2D eigenvalue weighted by atomic mass is 9.93. The molecule has 7 nitrogen and oxygen atoms in total. The predicted octanol–water partition coefficient (Wildman–Crippen LogP) is 2.48. The van der Waals surface area contributed by atoms with Crippen molar-refractivity contribution in [1.82, 2.24) is 29.5 Å². The van der Waals surface area contributed by atoms with Crippen LogP contribution in [0.3, 0.4) is 0 Å². The van der Waals surface area contributed by atoms with Gasteiger partial charge in [0.25, 0.3) is 18.1 Å². The van der Waals surface area contributed by atoms with Gasteiger partial charge >= 0.3 is 0 Å². The summed E-state index contributed by atoms with van der Waals surface area (Å²) in [5.74, 6) is -0.0856. The maximum absolute atomic E-state index is 13.4. The molecule has 26 heavy (non-hydrogen) atoms. The number of nitrogens with zero attached hydrogens (tertiary/aromatic N) is 6. The minimum Gasteiger partial charge on any atom is -0.338 e. The van der Waals surface area contributed by atoms with E-state index in [-0.39, 0.29) is 23.3 Å². The zero-order valence-electron chi connectivity index (χ0n) is 13.8. The van der Waals surface area contributed by atoms with E-state index < -0.39 is 6.43 Å². The number of hydrogen-bond donors (Lipinski definition) is 0. The summed E-state index contributed by atoms with van der Waals surface area (Å²) >= 11 is 0. The van der Waals surface area contributed by atoms with Gasteiger partial charge in [0.2, 0.25) is 0 Å². The van der Waals surface area contributed by atoms with Crippen molar-refractivity contribution in [2.24, 2.45) is 0 Å². The van der Waals surface area contributed by atoms with Crippen LogP contribution in [0.2, 0.25) is 0 Å². The van der Waals surface area contributed by atoms with Gasteiger partial charge in [-0.05, 0) is 31.0 Å². The van der Waals surface area contributed by atoms with Crippen molar-refractivity contribution in [2.45, 2.75) is 25.2 Å². The Morgan fingerprint density at radius 3 is 3.00 bits per heavy atom. The zero-order valence-corrected chi connectivity index (χ0v) is 13.8. The first kappa shape index (κ1) is 16.5. The Balaban J connectivity index is 1.62. The molecule has 0 radical (unpaired) electrons. The van der Waals surface area contributed by atoms with E-state index in [1.165, 1.54) is 18.6 Å². The van der Waals surface area contributed by atoms with Gasteiger partial charge < -0.3 is 4.90 Å². The van der Waals surface area contributed by atoms with E-state index in [1.54, 1.807) is 23.2 Å². The second-order valence-corrected chi connectivity index (χ2v) is 6.21. The Morgan fingerprint density at radius 2 is 2.23 bits per heavy atom. The van der Waals surface area contributed by atoms with Gasteiger partial charge in [0.15, 0.2) is 0 Å². The highest BCUT2D eigenvalue weighted by Gasteiger charge is 2.28. The number of piperidine rings is 1. The van der Waals surface area contributed by atoms with Crippen LogP contribution in [0.1, 0.15) is 46.9 Å². The molecule has 4 rings (SSSR count). The van der Waals surface area contributed by atoms with Gasteiger partial charge in [-0.15, -0.1) is 0 Å². The van der Waals surface area contributed by atoms with Crippen LogP contribution in [0.15, 0.2) is 36.9 Å². The Morgan fingerprint density at radius 1 is 1.35 bits per heavy atom. The second-order valence-electron chi connectivity index (χ2n) is 6.21. The molecule has 3 aromatic rings. The van der Waals surface area contributed by atoms with Crippen molar-refractivity contribution in [3.63, 3.8) is 0 Å². The molecule has 0 N–H and O–H groups in total. The Labute approximate surface area is 147 Å². The van der Waals surface area contributed by atoms with Crippen molar-refractivity contribution < 1.29 is 13.6 Å². The van der Waals surface area contributed by atoms with Gasteiger partial charge in [-0.3, -0.25) is 9.78 Å². The SMILES string of the molecule is O=C(c1cccnc1)N1CCC[C@H](c2cc(C(F)F)n3ncnc3n2)C1. The summed E-state index contributed by atoms with van der Waals surface area (Å²) in [5, 5.41) is 3.80. The normalized spacial score (nSPS) is 17.8. The van der Waals surface area contributed by atoms with E-state index in [2.05, 4.69) is 20.1 Å². The number of rotatable bonds is 3. The van der Waals surface area contributed by atoms with Gasteiger partial charge in [-0.1, -0.05) is 0 Å². The lowest BCUT2D eigenvalue weighted by Crippen LogP contribution is -2.39. The zero-order chi connectivity index (χ0) is 18.1. The van der Waals surface area contributed by atoms with Crippen LogP contribution < -0.4 is 0 Å². The fourth-order valence-corrected chi connectivity index (χ4v) is 3.29. The van der Waals surface area contributed by atoms with E-state index >= 15 is 0 Å². The van der Waals surface area contributed by atoms with Gasteiger partial charge in [0.1, 0.15) is 12.0 Å². The predicted molar refractivity (Wildman–Crippen MR) is 87.9 cm³/mol. The molecule has 0 saturated carbocycles. The number of pyridine rings is 1. The Hall–Kier alpha value is -2.97. The van der Waals surface area contributed by atoms with Gasteiger partial charge in [0, 0.05) is 31.4 Å². The summed E-state index contributed by atoms with van der Waals surface area (Å²) in [6.07, 6.45) is 3.21. The summed E-state index contributed by atoms with van der Waals surface area (Å²) in [5.41, 5.74) is 0.796. The van der Waals surface area contributed by atoms with Crippen molar-refractivity contribution in [3.05, 3.63) is 53.9 Å². The second kappa shape index (κ2) is 6.74. The molecule has 4 heterocycles. The van der Waals surface area contributed by atoms with E-state index in [9.17, 15) is 13.6 Å². The van der Waals surface area contributed by atoms with Gasteiger partial charge in [0.05, 0.1) is 11.3 Å². The molecule has 0 aromatic carbocycles. The van der Waals surface area contributed by atoms with Crippen molar-refractivity contribution in [3.8, 4) is 0 Å². The minimum absolute atomic E-state index is 0.111. The summed E-state index contributed by atoms with van der Waals surface area (Å²) in [7, 11) is 0. The quantitative estimate of drug-likeness (QED) is 0.719. The van der Waals surface area contributed by atoms with Gasteiger partial charge in [-0.25, -0.2) is 13.8 Å². The van der Waals surface area contributed by atoms with Crippen LogP contribution in [0, 0.1) is 0 Å². The first-order chi connectivity index (χ1) is 12.6. The summed E-state index contributed by atoms with van der Waals surface area (Å²) < 4.78 is 27.8. The maximum Gasteiger partial charge on any atom is 0.280 e. The van der Waals surface area contributed by atoms with Crippen LogP contribution in [0.5, 0.6) is 0 Å². The number of aromatic nitrogens is 5. The average Bonchev–Trinajstić information content (AvgIpc) is 3.16. The molecule has 0 spiro atoms. The monoisotopic (exact) mass is 358 g/mol. The van der Waals surface area contributed by atoms with Gasteiger partial charge in [-0.2, -0.15) is 14.6 Å². The maximum atomic E-state index is 13.4. The highest BCUT2D eigenvalue weighted by Crippen LogP contribution is 2.29. The number of carbonyl (C=O) groups excluding carboxylic acids is 1. The fourth-order valence-electron chi connectivity index (χ4n) is 3.29. The fraction of sp³-hybridized carbons (Fsp3) is 0.353. The van der Waals surface area contributed by atoms with Crippen LogP contribution in [-0.2, 0) is 0 Å². The molecule has 9 heteroatoms. The summed E-state index contributed by atoms with van der Waals surface area (Å²) in [4.78, 5) is 26.7. The number of alkyl halides is 2. The lowest BCUT2D eigenvalue weighted by molar-refractivity contribution is 0.0705. The number of fused-ring (bicyclic) bond motifs is 1. The number of carbonyl (C=O) groups is 1. The average molecular weight is 358 g/mol. The van der Waals surface area contributed by atoms with E-state index in [4.69, 9.17) is 0 Å². The highest BCUT2D eigenvalue weighted by molar-refractivity contribution is 5.94. The lowest BCUT2D eigenvalue weighted by Gasteiger charge is -2.32. The largest absolute Gasteiger partial charge is 0.338 e. The number of amides is 1. The molecule has 1 atom stereocenters. The smallest absolute Gasteiger partial charge is 0.280 e. The molecule has 0 unspecified atom stereocenters. The van der Waals surface area contributed by atoms with E-state index in [0.29, 0.717) is 24.3 Å². The van der Waals surface area contributed by atoms with Crippen LogP contribution in [-0.4, -0.2) is 48.5 Å². The Kier molecular flexibility index (Phi) is 4.27. The third kappa shape index (κ3) is 3.00. The molecule has 1 fully saturated rings. The molecule has 0 aliphatic carbocycles. The highest BCUT2D eigenvalue weighted by atomic mass is 19.3. The molecule has 3 aromatic heterocycles. The minimum atomic E-state index is -2.68. The summed E-state index contributed by atoms with van der Waals surface area (Å²) in [6, 6.07) is 4.80. The summed E-state index contributed by atoms with van der Waals surface area (Å²) in [6.45, 7) is 1.05. The standard InChI is InChI=1S/C17H16F2N6O/c18-15(19)14-7-13(23-17-21-10-22-25(14)17)12-4-2-6-24(9-12)16(26)11-3-1-5-20-8-11/h1,3,5,7-8,10,12,15H,2,4,6,9H2/t12-/m0/s1. The molecule has 1 amide bonds. The molecule has 1 aliphatic heterocycles. The third-order valence-corrected chi connectivity index (χ3v) is 4.56. The third-order valence-electron chi connectivity index (χ3n) is 4.56. The molecule has 1 saturated heterocycles. The Bertz CT molecular complexity index is 929. The molecule has 1 aliphatic rings. The molecule has 134 valence electrons. The van der Waals surface area contributed by atoms with Crippen molar-refractivity contribution in [2.75, 3.05) is 13.1 Å². The molecule has 0 bridgehead atoms. The van der Waals surface area contributed by atoms with Crippen LogP contribution in [0.25, 0.3) is 5.78 Å². The topological polar surface area (TPSA) is 76.3 Å². The van der Waals surface area contributed by atoms with Crippen LogP contribution >= 0.6 is 0 Å². The van der Waals surface area contributed by atoms with Crippen LogP contribution in [0.4, 0.5) is 8.78 Å². The molecular formula is C17H16F2N6O. The van der Waals surface area contributed by atoms with Crippen molar-refractivity contribution in [1.29, 1.82) is 0 Å². The molecular weight excluding hydrogens is 342 g/mol. The number of likely N-dealkylation sites (tertiary alicyclic amines) is 1. The van der Waals surface area contributed by atoms with E-state index in [1.807, 2.05) is 0 Å². The number of hydrogen-bond acceptors (Lipinski definition) is 5. The first-order valence-electron chi connectivity index (χ1n) is 8.31. The number of halogens is 2.